The number of hydrogen-bond acceptors (Lipinski definition) is 4. The average Bonchev–Trinajstić information content (AvgIpc) is 3.32. The third-order valence-electron chi connectivity index (χ3n) is 6.04. The molecule has 6 nitrogen and oxygen atoms in total. The van der Waals surface area contributed by atoms with Crippen LogP contribution in [-0.2, 0) is 16.0 Å². The lowest BCUT2D eigenvalue weighted by molar-refractivity contribution is -0.133. The van der Waals surface area contributed by atoms with Crippen LogP contribution in [-0.4, -0.2) is 44.0 Å². The van der Waals surface area contributed by atoms with Gasteiger partial charge in [0.1, 0.15) is 11.5 Å². The van der Waals surface area contributed by atoms with E-state index in [-0.39, 0.29) is 30.8 Å². The van der Waals surface area contributed by atoms with Gasteiger partial charge < -0.3 is 19.7 Å². The lowest BCUT2D eigenvalue weighted by atomic mass is 10.0. The summed E-state index contributed by atoms with van der Waals surface area (Å²) in [6.45, 7) is 0.649. The third-order valence-corrected chi connectivity index (χ3v) is 6.04. The van der Waals surface area contributed by atoms with E-state index in [1.54, 1.807) is 14.2 Å². The number of benzene rings is 3. The number of amides is 2. The highest BCUT2D eigenvalue weighted by Crippen LogP contribution is 2.38. The molecule has 0 radical (unpaired) electrons. The summed E-state index contributed by atoms with van der Waals surface area (Å²) in [7, 11) is 3.23. The zero-order chi connectivity index (χ0) is 22.5. The van der Waals surface area contributed by atoms with Gasteiger partial charge in [-0.1, -0.05) is 42.5 Å². The first-order chi connectivity index (χ1) is 15.6. The molecule has 2 amide bonds. The van der Waals surface area contributed by atoms with Crippen molar-refractivity contribution in [3.8, 4) is 11.5 Å². The highest BCUT2D eigenvalue weighted by atomic mass is 16.5. The summed E-state index contributed by atoms with van der Waals surface area (Å²) in [6.07, 6.45) is 2.01. The summed E-state index contributed by atoms with van der Waals surface area (Å²) < 4.78 is 10.8. The smallest absolute Gasteiger partial charge is 0.242 e. The molecule has 166 valence electrons. The summed E-state index contributed by atoms with van der Waals surface area (Å²) in [6, 6.07) is 19.5. The van der Waals surface area contributed by atoms with Crippen LogP contribution in [0.4, 0.5) is 0 Å². The highest BCUT2D eigenvalue weighted by Gasteiger charge is 2.32. The number of likely N-dealkylation sites (tertiary alicyclic amines) is 1. The fraction of sp³-hybridized carbons (Fsp3) is 0.308. The van der Waals surface area contributed by atoms with E-state index in [1.165, 1.54) is 0 Å². The molecule has 1 heterocycles. The molecule has 3 aromatic carbocycles. The largest absolute Gasteiger partial charge is 0.497 e. The van der Waals surface area contributed by atoms with Gasteiger partial charge in [-0.05, 0) is 41.3 Å². The monoisotopic (exact) mass is 432 g/mol. The van der Waals surface area contributed by atoms with Gasteiger partial charge in [0.05, 0.1) is 33.2 Å². The fourth-order valence-corrected chi connectivity index (χ4v) is 4.44. The number of fused-ring (bicyclic) bond motifs is 1. The molecule has 1 N–H and O–H groups in total. The Morgan fingerprint density at radius 1 is 1.03 bits per heavy atom. The molecule has 1 atom stereocenters. The van der Waals surface area contributed by atoms with E-state index in [9.17, 15) is 9.59 Å². The van der Waals surface area contributed by atoms with E-state index in [4.69, 9.17) is 9.47 Å². The molecular formula is C26H28N2O4. The minimum absolute atomic E-state index is 0.0153. The first-order valence-electron chi connectivity index (χ1n) is 10.9. The highest BCUT2D eigenvalue weighted by molar-refractivity contribution is 5.91. The van der Waals surface area contributed by atoms with Crippen LogP contribution in [0.5, 0.6) is 11.5 Å². The van der Waals surface area contributed by atoms with E-state index in [1.807, 2.05) is 65.6 Å². The van der Waals surface area contributed by atoms with E-state index in [2.05, 4.69) is 5.32 Å². The fourth-order valence-electron chi connectivity index (χ4n) is 4.44. The number of nitrogens with one attached hydrogen (secondary N) is 1. The van der Waals surface area contributed by atoms with Gasteiger partial charge in [-0.3, -0.25) is 9.59 Å². The molecule has 1 aliphatic heterocycles. The van der Waals surface area contributed by atoms with Gasteiger partial charge in [0, 0.05) is 18.2 Å². The molecule has 0 saturated carbocycles. The Hall–Kier alpha value is -3.54. The van der Waals surface area contributed by atoms with Crippen LogP contribution in [0.15, 0.2) is 60.7 Å². The van der Waals surface area contributed by atoms with Gasteiger partial charge >= 0.3 is 0 Å². The van der Waals surface area contributed by atoms with Crippen LogP contribution >= 0.6 is 0 Å². The molecule has 1 saturated heterocycles. The van der Waals surface area contributed by atoms with Gasteiger partial charge in [-0.25, -0.2) is 0 Å². The summed E-state index contributed by atoms with van der Waals surface area (Å²) in [5.74, 6) is 1.17. The van der Waals surface area contributed by atoms with Gasteiger partial charge in [0.25, 0.3) is 0 Å². The quantitative estimate of drug-likeness (QED) is 0.615. The van der Waals surface area contributed by atoms with Crippen LogP contribution in [0.25, 0.3) is 10.8 Å². The molecular weight excluding hydrogens is 404 g/mol. The van der Waals surface area contributed by atoms with Crippen LogP contribution in [0.3, 0.4) is 0 Å². The van der Waals surface area contributed by atoms with Crippen molar-refractivity contribution in [2.75, 3.05) is 27.3 Å². The minimum atomic E-state index is -0.160. The van der Waals surface area contributed by atoms with Gasteiger partial charge in [0.15, 0.2) is 0 Å². The Kier molecular flexibility index (Phi) is 6.59. The molecule has 0 bridgehead atoms. The molecule has 4 rings (SSSR count). The second-order valence-electron chi connectivity index (χ2n) is 7.94. The number of hydrogen-bond donors (Lipinski definition) is 1. The first kappa shape index (κ1) is 21.7. The molecule has 1 aliphatic rings. The molecule has 1 fully saturated rings. The van der Waals surface area contributed by atoms with E-state index < -0.39 is 0 Å². The normalized spacial score (nSPS) is 15.6. The minimum Gasteiger partial charge on any atom is -0.497 e. The van der Waals surface area contributed by atoms with E-state index >= 15 is 0 Å². The number of carbonyl (C=O) groups excluding carboxylic acids is 2. The van der Waals surface area contributed by atoms with Crippen LogP contribution in [0.2, 0.25) is 0 Å². The second-order valence-corrected chi connectivity index (χ2v) is 7.94. The number of methoxy groups -OCH3 is 2. The van der Waals surface area contributed by atoms with E-state index in [0.717, 1.165) is 34.7 Å². The summed E-state index contributed by atoms with van der Waals surface area (Å²) in [4.78, 5) is 27.4. The number of ether oxygens (including phenoxy) is 2. The molecule has 6 heteroatoms. The van der Waals surface area contributed by atoms with Gasteiger partial charge in [-0.2, -0.15) is 0 Å². The van der Waals surface area contributed by atoms with Crippen molar-refractivity contribution in [1.29, 1.82) is 0 Å². The van der Waals surface area contributed by atoms with Crippen LogP contribution in [0.1, 0.15) is 30.0 Å². The maximum Gasteiger partial charge on any atom is 0.242 e. The maximum atomic E-state index is 13.0. The summed E-state index contributed by atoms with van der Waals surface area (Å²) in [5.41, 5.74) is 1.91. The van der Waals surface area contributed by atoms with E-state index in [0.29, 0.717) is 18.0 Å². The molecule has 0 unspecified atom stereocenters. The van der Waals surface area contributed by atoms with Gasteiger partial charge in [0.2, 0.25) is 11.8 Å². The first-order valence-corrected chi connectivity index (χ1v) is 10.9. The third kappa shape index (κ3) is 4.54. The Morgan fingerprint density at radius 2 is 1.84 bits per heavy atom. The van der Waals surface area contributed by atoms with Crippen molar-refractivity contribution in [3.05, 3.63) is 71.8 Å². The molecule has 3 aromatic rings. The standard InChI is InChI=1S/C26H28N2O4/c1-31-20-12-13-22(24(16-20)32-2)23-11-6-14-28(23)26(30)17-27-25(29)15-19-9-5-8-18-7-3-4-10-21(18)19/h3-5,7-10,12-13,16,23H,6,11,14-15,17H2,1-2H3,(H,27,29)/t23-/m1/s1. The van der Waals surface area contributed by atoms with Crippen molar-refractivity contribution in [2.45, 2.75) is 25.3 Å². The van der Waals surface area contributed by atoms with Crippen LogP contribution in [0, 0.1) is 0 Å². The average molecular weight is 433 g/mol. The molecule has 0 aliphatic carbocycles. The SMILES string of the molecule is COc1ccc([C@H]2CCCN2C(=O)CNC(=O)Cc2cccc3ccccc23)c(OC)c1. The number of carbonyl (C=O) groups is 2. The summed E-state index contributed by atoms with van der Waals surface area (Å²) >= 11 is 0. The lowest BCUT2D eigenvalue weighted by Crippen LogP contribution is -2.40. The van der Waals surface area contributed by atoms with Crippen LogP contribution < -0.4 is 14.8 Å². The van der Waals surface area contributed by atoms with Crippen molar-refractivity contribution >= 4 is 22.6 Å². The van der Waals surface area contributed by atoms with Crippen molar-refractivity contribution in [2.24, 2.45) is 0 Å². The Labute approximate surface area is 188 Å². The summed E-state index contributed by atoms with van der Waals surface area (Å²) in [5, 5.41) is 4.97. The number of nitrogens with zero attached hydrogens (tertiary/aromatic N) is 1. The Morgan fingerprint density at radius 3 is 2.66 bits per heavy atom. The molecule has 32 heavy (non-hydrogen) atoms. The predicted octanol–water partition coefficient (Wildman–Crippen LogP) is 3.88. The Bertz CT molecular complexity index is 1120. The molecule has 0 spiro atoms. The number of rotatable bonds is 7. The van der Waals surface area contributed by atoms with Gasteiger partial charge in [-0.15, -0.1) is 0 Å². The van der Waals surface area contributed by atoms with Crippen molar-refractivity contribution in [3.63, 3.8) is 0 Å². The topological polar surface area (TPSA) is 67.9 Å². The van der Waals surface area contributed by atoms with Crippen molar-refractivity contribution in [1.82, 2.24) is 10.2 Å². The zero-order valence-corrected chi connectivity index (χ0v) is 18.5. The Balaban J connectivity index is 1.40. The maximum absolute atomic E-state index is 13.0. The predicted molar refractivity (Wildman–Crippen MR) is 124 cm³/mol. The lowest BCUT2D eigenvalue weighted by Gasteiger charge is -2.26. The second kappa shape index (κ2) is 9.73. The zero-order valence-electron chi connectivity index (χ0n) is 18.5. The van der Waals surface area contributed by atoms with Crippen molar-refractivity contribution < 1.29 is 19.1 Å². The molecule has 0 aromatic heterocycles.